The Morgan fingerprint density at radius 3 is 2.57 bits per heavy atom. The molecule has 30 heavy (non-hydrogen) atoms. The van der Waals surface area contributed by atoms with Crippen LogP contribution in [0.3, 0.4) is 0 Å². The number of amides is 1. The van der Waals surface area contributed by atoms with Gasteiger partial charge in [0.25, 0.3) is 0 Å². The molecule has 164 valence electrons. The molecule has 1 aliphatic rings. The second kappa shape index (κ2) is 9.78. The van der Waals surface area contributed by atoms with E-state index in [1.54, 1.807) is 12.1 Å². The molecule has 0 fully saturated rings. The molecule has 0 aliphatic heterocycles. The monoisotopic (exact) mass is 439 g/mol. The van der Waals surface area contributed by atoms with Crippen LogP contribution in [0.1, 0.15) is 62.6 Å². The van der Waals surface area contributed by atoms with Gasteiger partial charge < -0.3 is 5.73 Å². The highest BCUT2D eigenvalue weighted by molar-refractivity contribution is 7.80. The van der Waals surface area contributed by atoms with Gasteiger partial charge in [-0.15, -0.1) is 0 Å². The molecule has 0 radical (unpaired) electrons. The van der Waals surface area contributed by atoms with Crippen LogP contribution in [0, 0.1) is 29.1 Å². The molecule has 2 N–H and O–H groups in total. The topological polar surface area (TPSA) is 70.1 Å². The average molecular weight is 440 g/mol. The molecule has 8 heteroatoms. The normalized spacial score (nSPS) is 19.3. The predicted octanol–water partition coefficient (Wildman–Crippen LogP) is 4.91. The van der Waals surface area contributed by atoms with Gasteiger partial charge >= 0.3 is 6.18 Å². The Labute approximate surface area is 181 Å². The molecule has 0 spiro atoms. The van der Waals surface area contributed by atoms with Crippen molar-refractivity contribution in [1.29, 1.82) is 5.26 Å². The molecule has 3 unspecified atom stereocenters. The SMILES string of the molecule is CC(C)CC(C)CC1Cc2ccc(C#N)cc2C1C(=O)N(CCC(F)(F)F)C(N)=S. The first-order valence-electron chi connectivity index (χ1n) is 10.1. The Bertz CT molecular complexity index is 832. The van der Waals surface area contributed by atoms with Gasteiger partial charge in [0.2, 0.25) is 5.91 Å². The summed E-state index contributed by atoms with van der Waals surface area (Å²) in [6, 6.07) is 7.28. The summed E-state index contributed by atoms with van der Waals surface area (Å²) in [7, 11) is 0. The smallest absolute Gasteiger partial charge is 0.376 e. The lowest BCUT2D eigenvalue weighted by molar-refractivity contribution is -0.142. The largest absolute Gasteiger partial charge is 0.390 e. The van der Waals surface area contributed by atoms with Gasteiger partial charge in [-0.2, -0.15) is 18.4 Å². The molecule has 4 nitrogen and oxygen atoms in total. The van der Waals surface area contributed by atoms with Gasteiger partial charge in [-0.05, 0) is 72.5 Å². The molecule has 1 aliphatic carbocycles. The zero-order valence-electron chi connectivity index (χ0n) is 17.5. The number of hydrogen-bond donors (Lipinski definition) is 1. The Morgan fingerprint density at radius 2 is 2.03 bits per heavy atom. The van der Waals surface area contributed by atoms with Crippen molar-refractivity contribution in [3.63, 3.8) is 0 Å². The zero-order valence-corrected chi connectivity index (χ0v) is 18.3. The molecule has 1 amide bonds. The molecule has 3 atom stereocenters. The molecule has 2 rings (SSSR count). The van der Waals surface area contributed by atoms with E-state index in [9.17, 15) is 23.2 Å². The minimum atomic E-state index is -4.42. The molecular weight excluding hydrogens is 411 g/mol. The number of carbonyl (C=O) groups is 1. The minimum Gasteiger partial charge on any atom is -0.376 e. The lowest BCUT2D eigenvalue weighted by Crippen LogP contribution is -2.45. The summed E-state index contributed by atoms with van der Waals surface area (Å²) in [6.45, 7) is 5.79. The number of alkyl halides is 3. The van der Waals surface area contributed by atoms with Crippen LogP contribution in [0.25, 0.3) is 0 Å². The van der Waals surface area contributed by atoms with E-state index in [0.29, 0.717) is 29.4 Å². The lowest BCUT2D eigenvalue weighted by atomic mass is 9.82. The van der Waals surface area contributed by atoms with Crippen molar-refractivity contribution >= 4 is 23.2 Å². The van der Waals surface area contributed by atoms with Crippen molar-refractivity contribution in [3.05, 3.63) is 34.9 Å². The molecule has 0 saturated heterocycles. The molecule has 1 aromatic carbocycles. The number of nitriles is 1. The first kappa shape index (κ1) is 24.1. The van der Waals surface area contributed by atoms with Crippen LogP contribution in [0.15, 0.2) is 18.2 Å². The van der Waals surface area contributed by atoms with E-state index in [2.05, 4.69) is 26.8 Å². The molecule has 0 bridgehead atoms. The Morgan fingerprint density at radius 1 is 1.37 bits per heavy atom. The third-order valence-corrected chi connectivity index (χ3v) is 5.78. The van der Waals surface area contributed by atoms with Crippen LogP contribution in [-0.4, -0.2) is 28.6 Å². The first-order chi connectivity index (χ1) is 13.9. The maximum Gasteiger partial charge on any atom is 0.390 e. The summed E-state index contributed by atoms with van der Waals surface area (Å²) < 4.78 is 38.3. The molecule has 0 saturated carbocycles. The summed E-state index contributed by atoms with van der Waals surface area (Å²) in [6.07, 6.45) is -3.21. The van der Waals surface area contributed by atoms with E-state index in [1.807, 2.05) is 6.07 Å². The number of hydrogen-bond acceptors (Lipinski definition) is 3. The number of nitrogens with two attached hydrogens (primary N) is 1. The number of carbonyl (C=O) groups excluding carboxylic acids is 1. The minimum absolute atomic E-state index is 0.0714. The third kappa shape index (κ3) is 6.18. The standard InChI is InChI=1S/C22H28F3N3OS/c1-13(2)8-14(3)9-17-11-16-5-4-15(12-26)10-18(16)19(17)20(29)28(21(27)30)7-6-22(23,24)25/h4-5,10,13-14,17,19H,6-9,11H2,1-3H3,(H2,27,30). The van der Waals surface area contributed by atoms with E-state index in [4.69, 9.17) is 18.0 Å². The lowest BCUT2D eigenvalue weighted by Gasteiger charge is -2.29. The number of thiocarbonyl (C=S) groups is 1. The van der Waals surface area contributed by atoms with Gasteiger partial charge in [0.1, 0.15) is 0 Å². The van der Waals surface area contributed by atoms with Gasteiger partial charge in [0.15, 0.2) is 5.11 Å². The highest BCUT2D eigenvalue weighted by Crippen LogP contribution is 2.43. The van der Waals surface area contributed by atoms with Gasteiger partial charge in [0.05, 0.1) is 24.0 Å². The fraction of sp³-hybridized carbons (Fsp3) is 0.591. The maximum absolute atomic E-state index is 13.4. The van der Waals surface area contributed by atoms with Crippen LogP contribution in [0.4, 0.5) is 13.2 Å². The van der Waals surface area contributed by atoms with E-state index < -0.39 is 31.0 Å². The molecule has 1 aromatic rings. The highest BCUT2D eigenvalue weighted by atomic mass is 32.1. The van der Waals surface area contributed by atoms with Crippen LogP contribution in [-0.2, 0) is 11.2 Å². The first-order valence-corrected chi connectivity index (χ1v) is 10.5. The van der Waals surface area contributed by atoms with Gasteiger partial charge in [0, 0.05) is 6.54 Å². The van der Waals surface area contributed by atoms with Crippen LogP contribution < -0.4 is 5.73 Å². The summed E-state index contributed by atoms with van der Waals surface area (Å²) in [4.78, 5) is 14.3. The molecule has 0 aromatic heterocycles. The van der Waals surface area contributed by atoms with E-state index >= 15 is 0 Å². The quantitative estimate of drug-likeness (QED) is 0.613. The average Bonchev–Trinajstić information content (AvgIpc) is 2.96. The number of benzene rings is 1. The van der Waals surface area contributed by atoms with Crippen molar-refractivity contribution in [2.45, 2.75) is 58.5 Å². The fourth-order valence-electron chi connectivity index (χ4n) is 4.50. The Kier molecular flexibility index (Phi) is 7.87. The Balaban J connectivity index is 2.37. The maximum atomic E-state index is 13.4. The van der Waals surface area contributed by atoms with E-state index in [0.717, 1.165) is 23.3 Å². The van der Waals surface area contributed by atoms with Crippen LogP contribution in [0.5, 0.6) is 0 Å². The van der Waals surface area contributed by atoms with Crippen LogP contribution >= 0.6 is 12.2 Å². The van der Waals surface area contributed by atoms with Crippen molar-refractivity contribution in [3.8, 4) is 6.07 Å². The fourth-order valence-corrected chi connectivity index (χ4v) is 4.68. The van der Waals surface area contributed by atoms with Crippen LogP contribution in [0.2, 0.25) is 0 Å². The number of fused-ring (bicyclic) bond motifs is 1. The number of nitrogens with zero attached hydrogens (tertiary/aromatic N) is 2. The summed E-state index contributed by atoms with van der Waals surface area (Å²) in [5.74, 6) is -0.385. The van der Waals surface area contributed by atoms with Crippen molar-refractivity contribution in [2.24, 2.45) is 23.5 Å². The second-order valence-electron chi connectivity index (χ2n) is 8.63. The van der Waals surface area contributed by atoms with Crippen molar-refractivity contribution in [1.82, 2.24) is 4.90 Å². The van der Waals surface area contributed by atoms with E-state index in [-0.39, 0.29) is 11.0 Å². The van der Waals surface area contributed by atoms with Gasteiger partial charge in [-0.25, -0.2) is 0 Å². The Hall–Kier alpha value is -2.14. The van der Waals surface area contributed by atoms with Crippen molar-refractivity contribution < 1.29 is 18.0 Å². The van der Waals surface area contributed by atoms with E-state index in [1.165, 1.54) is 0 Å². The summed E-state index contributed by atoms with van der Waals surface area (Å²) in [5.41, 5.74) is 7.71. The van der Waals surface area contributed by atoms with Gasteiger partial charge in [-0.1, -0.05) is 26.8 Å². The van der Waals surface area contributed by atoms with Crippen molar-refractivity contribution in [2.75, 3.05) is 6.54 Å². The molecular formula is C22H28F3N3OS. The van der Waals surface area contributed by atoms with Gasteiger partial charge in [-0.3, -0.25) is 9.69 Å². The third-order valence-electron chi connectivity index (χ3n) is 5.56. The molecule has 0 heterocycles. The predicted molar refractivity (Wildman–Crippen MR) is 113 cm³/mol. The number of halogens is 3. The highest BCUT2D eigenvalue weighted by Gasteiger charge is 2.41. The zero-order chi connectivity index (χ0) is 22.6. The summed E-state index contributed by atoms with van der Waals surface area (Å²) >= 11 is 4.91. The number of rotatable bonds is 7. The second-order valence-corrected chi connectivity index (χ2v) is 9.05. The summed E-state index contributed by atoms with van der Waals surface area (Å²) in [5, 5.41) is 8.91.